The first-order chi connectivity index (χ1) is 8.03. The van der Waals surface area contributed by atoms with E-state index in [1.54, 1.807) is 0 Å². The van der Waals surface area contributed by atoms with Gasteiger partial charge in [0, 0.05) is 30.6 Å². The molecule has 0 amide bonds. The predicted octanol–water partition coefficient (Wildman–Crippen LogP) is 2.36. The molecule has 1 fully saturated rings. The van der Waals surface area contributed by atoms with Crippen molar-refractivity contribution in [3.63, 3.8) is 0 Å². The van der Waals surface area contributed by atoms with Gasteiger partial charge in [0.25, 0.3) is 0 Å². The number of carbonyl (C=O) groups is 1. The number of carbonyl (C=O) groups excluding carboxylic acids is 1. The fourth-order valence-electron chi connectivity index (χ4n) is 2.19. The molecule has 2 rings (SSSR count). The van der Waals surface area contributed by atoms with E-state index in [2.05, 4.69) is 11.0 Å². The maximum Gasteiger partial charge on any atom is 0.142 e. The third kappa shape index (κ3) is 2.31. The summed E-state index contributed by atoms with van der Waals surface area (Å²) in [6.45, 7) is 5.50. The second kappa shape index (κ2) is 4.21. The minimum atomic E-state index is -0.272. The number of anilines is 1. The maximum absolute atomic E-state index is 11.7. The monoisotopic (exact) mass is 228 g/mol. The van der Waals surface area contributed by atoms with E-state index in [1.165, 1.54) is 0 Å². The molecule has 1 aromatic carbocycles. The van der Waals surface area contributed by atoms with E-state index in [0.29, 0.717) is 17.8 Å². The first kappa shape index (κ1) is 11.7. The molecule has 0 atom stereocenters. The highest BCUT2D eigenvalue weighted by Crippen LogP contribution is 2.29. The molecule has 17 heavy (non-hydrogen) atoms. The number of nitriles is 1. The third-order valence-corrected chi connectivity index (χ3v) is 3.31. The predicted molar refractivity (Wildman–Crippen MR) is 66.8 cm³/mol. The van der Waals surface area contributed by atoms with Gasteiger partial charge in [-0.3, -0.25) is 4.79 Å². The zero-order valence-electron chi connectivity index (χ0n) is 10.2. The van der Waals surface area contributed by atoms with Crippen LogP contribution in [0.15, 0.2) is 24.3 Å². The second-order valence-corrected chi connectivity index (χ2v) is 5.14. The van der Waals surface area contributed by atoms with Crippen LogP contribution in [0.5, 0.6) is 0 Å². The number of hydrogen-bond acceptors (Lipinski definition) is 3. The summed E-state index contributed by atoms with van der Waals surface area (Å²) in [6, 6.07) is 9.64. The first-order valence-corrected chi connectivity index (χ1v) is 5.81. The lowest BCUT2D eigenvalue weighted by Crippen LogP contribution is -2.46. The molecule has 0 radical (unpaired) electrons. The molecule has 0 aromatic heterocycles. The summed E-state index contributed by atoms with van der Waals surface area (Å²) < 4.78 is 0. The van der Waals surface area contributed by atoms with Gasteiger partial charge in [-0.1, -0.05) is 13.8 Å². The Labute approximate surface area is 102 Å². The topological polar surface area (TPSA) is 44.1 Å². The standard InChI is InChI=1S/C14H16N2O/c1-14(2)10-16(8-7-13(14)17)12-5-3-11(9-15)4-6-12/h3-6H,7-8,10H2,1-2H3. The van der Waals surface area contributed by atoms with Crippen molar-refractivity contribution in [1.29, 1.82) is 5.26 Å². The van der Waals surface area contributed by atoms with Crippen LogP contribution in [-0.2, 0) is 4.79 Å². The molecule has 0 N–H and O–H groups in total. The van der Waals surface area contributed by atoms with E-state index in [-0.39, 0.29) is 5.41 Å². The van der Waals surface area contributed by atoms with Crippen molar-refractivity contribution in [1.82, 2.24) is 0 Å². The van der Waals surface area contributed by atoms with Crippen molar-refractivity contribution < 1.29 is 4.79 Å². The minimum absolute atomic E-state index is 0.272. The first-order valence-electron chi connectivity index (χ1n) is 5.81. The molecule has 1 aromatic rings. The van der Waals surface area contributed by atoms with Crippen LogP contribution in [0.4, 0.5) is 5.69 Å². The number of hydrogen-bond donors (Lipinski definition) is 0. The Hall–Kier alpha value is -1.82. The zero-order chi connectivity index (χ0) is 12.5. The van der Waals surface area contributed by atoms with Gasteiger partial charge in [-0.2, -0.15) is 5.26 Å². The Morgan fingerprint density at radius 3 is 2.47 bits per heavy atom. The Morgan fingerprint density at radius 2 is 1.94 bits per heavy atom. The largest absolute Gasteiger partial charge is 0.370 e. The molecule has 0 spiro atoms. The fourth-order valence-corrected chi connectivity index (χ4v) is 2.19. The van der Waals surface area contributed by atoms with Crippen LogP contribution >= 0.6 is 0 Å². The lowest BCUT2D eigenvalue weighted by atomic mass is 9.82. The van der Waals surface area contributed by atoms with Crippen molar-refractivity contribution in [2.24, 2.45) is 5.41 Å². The molecule has 0 bridgehead atoms. The highest BCUT2D eigenvalue weighted by atomic mass is 16.1. The van der Waals surface area contributed by atoms with E-state index in [0.717, 1.165) is 18.8 Å². The van der Waals surface area contributed by atoms with E-state index in [9.17, 15) is 4.79 Å². The molecular formula is C14H16N2O. The lowest BCUT2D eigenvalue weighted by molar-refractivity contribution is -0.127. The van der Waals surface area contributed by atoms with Crippen molar-refractivity contribution in [2.75, 3.05) is 18.0 Å². The van der Waals surface area contributed by atoms with Crippen LogP contribution in [0.1, 0.15) is 25.8 Å². The normalized spacial score (nSPS) is 18.9. The second-order valence-electron chi connectivity index (χ2n) is 5.14. The summed E-state index contributed by atoms with van der Waals surface area (Å²) in [4.78, 5) is 13.9. The van der Waals surface area contributed by atoms with Gasteiger partial charge >= 0.3 is 0 Å². The highest BCUT2D eigenvalue weighted by Gasteiger charge is 2.34. The molecule has 3 nitrogen and oxygen atoms in total. The summed E-state index contributed by atoms with van der Waals surface area (Å²) in [5, 5.41) is 8.75. The quantitative estimate of drug-likeness (QED) is 0.741. The fraction of sp³-hybridized carbons (Fsp3) is 0.429. The van der Waals surface area contributed by atoms with Gasteiger partial charge in [0.1, 0.15) is 5.78 Å². The molecule has 0 aliphatic carbocycles. The van der Waals surface area contributed by atoms with E-state index in [4.69, 9.17) is 5.26 Å². The Bertz CT molecular complexity index is 468. The zero-order valence-corrected chi connectivity index (χ0v) is 10.2. The van der Waals surface area contributed by atoms with Gasteiger partial charge in [0.05, 0.1) is 11.6 Å². The molecule has 1 aliphatic rings. The summed E-state index contributed by atoms with van der Waals surface area (Å²) in [6.07, 6.45) is 0.604. The number of Topliss-reactive ketones (excluding diaryl/α,β-unsaturated/α-hetero) is 1. The minimum Gasteiger partial charge on any atom is -0.370 e. The van der Waals surface area contributed by atoms with Gasteiger partial charge in [-0.15, -0.1) is 0 Å². The van der Waals surface area contributed by atoms with Gasteiger partial charge < -0.3 is 4.90 Å². The SMILES string of the molecule is CC1(C)CN(c2ccc(C#N)cc2)CCC1=O. The molecule has 0 saturated carbocycles. The number of benzene rings is 1. The third-order valence-electron chi connectivity index (χ3n) is 3.31. The Morgan fingerprint density at radius 1 is 1.29 bits per heavy atom. The van der Waals surface area contributed by atoms with Crippen molar-refractivity contribution in [3.8, 4) is 6.07 Å². The number of rotatable bonds is 1. The average molecular weight is 228 g/mol. The Kier molecular flexibility index (Phi) is 2.89. The van der Waals surface area contributed by atoms with Crippen LogP contribution in [0.2, 0.25) is 0 Å². The smallest absolute Gasteiger partial charge is 0.142 e. The van der Waals surface area contributed by atoms with E-state index >= 15 is 0 Å². The van der Waals surface area contributed by atoms with Gasteiger partial charge in [0.15, 0.2) is 0 Å². The molecular weight excluding hydrogens is 212 g/mol. The molecule has 88 valence electrons. The molecule has 0 unspecified atom stereocenters. The number of ketones is 1. The van der Waals surface area contributed by atoms with Crippen LogP contribution in [-0.4, -0.2) is 18.9 Å². The molecule has 1 heterocycles. The molecule has 3 heteroatoms. The van der Waals surface area contributed by atoms with Crippen molar-refractivity contribution in [3.05, 3.63) is 29.8 Å². The van der Waals surface area contributed by atoms with Crippen molar-refractivity contribution >= 4 is 11.5 Å². The maximum atomic E-state index is 11.7. The van der Waals surface area contributed by atoms with Gasteiger partial charge in [-0.25, -0.2) is 0 Å². The van der Waals surface area contributed by atoms with Crippen molar-refractivity contribution in [2.45, 2.75) is 20.3 Å². The summed E-state index contributed by atoms with van der Waals surface area (Å²) in [7, 11) is 0. The number of piperidine rings is 1. The molecule has 1 saturated heterocycles. The van der Waals surface area contributed by atoms with Crippen LogP contribution < -0.4 is 4.90 Å². The average Bonchev–Trinajstić information content (AvgIpc) is 2.33. The van der Waals surface area contributed by atoms with Gasteiger partial charge in [-0.05, 0) is 24.3 Å². The summed E-state index contributed by atoms with van der Waals surface area (Å²) >= 11 is 0. The summed E-state index contributed by atoms with van der Waals surface area (Å²) in [5.74, 6) is 0.336. The van der Waals surface area contributed by atoms with E-state index in [1.807, 2.05) is 38.1 Å². The Balaban J connectivity index is 2.18. The summed E-state index contributed by atoms with van der Waals surface area (Å²) in [5.41, 5.74) is 1.48. The van der Waals surface area contributed by atoms with Crippen LogP contribution in [0, 0.1) is 16.7 Å². The van der Waals surface area contributed by atoms with Crippen LogP contribution in [0.25, 0.3) is 0 Å². The lowest BCUT2D eigenvalue weighted by Gasteiger charge is -2.38. The number of nitrogens with zero attached hydrogens (tertiary/aromatic N) is 2. The van der Waals surface area contributed by atoms with E-state index < -0.39 is 0 Å². The van der Waals surface area contributed by atoms with Crippen LogP contribution in [0.3, 0.4) is 0 Å². The highest BCUT2D eigenvalue weighted by molar-refractivity contribution is 5.86. The van der Waals surface area contributed by atoms with Gasteiger partial charge in [0.2, 0.25) is 0 Å². The molecule has 1 aliphatic heterocycles.